The van der Waals surface area contributed by atoms with Gasteiger partial charge >= 0.3 is 0 Å². The summed E-state index contributed by atoms with van der Waals surface area (Å²) in [6, 6.07) is 3.56. The zero-order valence-electron chi connectivity index (χ0n) is 9.67. The van der Waals surface area contributed by atoms with E-state index in [2.05, 4.69) is 5.43 Å². The molecular weight excluding hydrogens is 226 g/mol. The van der Waals surface area contributed by atoms with Gasteiger partial charge in [-0.25, -0.2) is 14.2 Å². The Morgan fingerprint density at radius 2 is 2.12 bits per heavy atom. The predicted molar refractivity (Wildman–Crippen MR) is 60.0 cm³/mol. The first kappa shape index (κ1) is 12.4. The Hall–Kier alpha value is -1.04. The molecule has 1 unspecified atom stereocenters. The predicted octanol–water partition coefficient (Wildman–Crippen LogP) is 2.04. The summed E-state index contributed by atoms with van der Waals surface area (Å²) in [6.45, 7) is 0. The minimum absolute atomic E-state index is 0.217. The maximum absolute atomic E-state index is 13.7. The van der Waals surface area contributed by atoms with E-state index in [1.54, 1.807) is 7.11 Å². The Labute approximate surface area is 98.9 Å². The minimum atomic E-state index is -0.867. The molecule has 3 N–H and O–H groups in total. The second-order valence-corrected chi connectivity index (χ2v) is 4.37. The topological polar surface area (TPSA) is 47.3 Å². The van der Waals surface area contributed by atoms with Crippen LogP contribution in [0.4, 0.5) is 8.78 Å². The first-order chi connectivity index (χ1) is 8.14. The lowest BCUT2D eigenvalue weighted by Gasteiger charge is -2.46. The van der Waals surface area contributed by atoms with Gasteiger partial charge in [-0.15, -0.1) is 0 Å². The van der Waals surface area contributed by atoms with E-state index >= 15 is 0 Å². The molecule has 0 amide bonds. The number of nitrogens with two attached hydrogens (primary N) is 1. The van der Waals surface area contributed by atoms with Crippen LogP contribution >= 0.6 is 0 Å². The van der Waals surface area contributed by atoms with E-state index in [9.17, 15) is 8.78 Å². The molecule has 0 heterocycles. The first-order valence-electron chi connectivity index (χ1n) is 5.60. The van der Waals surface area contributed by atoms with Gasteiger partial charge in [-0.2, -0.15) is 0 Å². The fourth-order valence-corrected chi connectivity index (χ4v) is 2.40. The van der Waals surface area contributed by atoms with Crippen LogP contribution in [0.1, 0.15) is 30.9 Å². The zero-order chi connectivity index (χ0) is 12.5. The molecule has 0 aromatic heterocycles. The van der Waals surface area contributed by atoms with Gasteiger partial charge in [0, 0.05) is 12.7 Å². The largest absolute Gasteiger partial charge is 0.376 e. The number of ether oxygens (including phenoxy) is 1. The smallest absolute Gasteiger partial charge is 0.163 e. The van der Waals surface area contributed by atoms with Gasteiger partial charge < -0.3 is 4.74 Å². The molecule has 1 aliphatic carbocycles. The van der Waals surface area contributed by atoms with Crippen LogP contribution in [0.2, 0.25) is 0 Å². The maximum Gasteiger partial charge on any atom is 0.163 e. The van der Waals surface area contributed by atoms with Gasteiger partial charge in [0.15, 0.2) is 11.6 Å². The van der Waals surface area contributed by atoms with Crippen LogP contribution < -0.4 is 11.3 Å². The van der Waals surface area contributed by atoms with E-state index in [1.807, 2.05) is 0 Å². The summed E-state index contributed by atoms with van der Waals surface area (Å²) >= 11 is 0. The molecule has 3 nitrogen and oxygen atoms in total. The number of hydrazine groups is 1. The van der Waals surface area contributed by atoms with Gasteiger partial charge in [0.2, 0.25) is 0 Å². The normalized spacial score (nSPS) is 19.8. The summed E-state index contributed by atoms with van der Waals surface area (Å²) in [4.78, 5) is 0. The molecule has 0 saturated heterocycles. The maximum atomic E-state index is 13.7. The molecule has 1 aliphatic rings. The summed E-state index contributed by atoms with van der Waals surface area (Å²) in [5.74, 6) is 3.75. The first-order valence-corrected chi connectivity index (χ1v) is 5.60. The summed E-state index contributed by atoms with van der Waals surface area (Å²) in [7, 11) is 1.57. The molecule has 1 fully saturated rings. The highest BCUT2D eigenvalue weighted by atomic mass is 19.2. The van der Waals surface area contributed by atoms with Crippen molar-refractivity contribution >= 4 is 0 Å². The molecule has 0 bridgehead atoms. The van der Waals surface area contributed by atoms with Crippen molar-refractivity contribution in [2.24, 2.45) is 5.84 Å². The van der Waals surface area contributed by atoms with E-state index in [0.29, 0.717) is 0 Å². The fourth-order valence-electron chi connectivity index (χ4n) is 2.40. The molecule has 2 rings (SSSR count). The van der Waals surface area contributed by atoms with Crippen LogP contribution in [0.3, 0.4) is 0 Å². The average molecular weight is 242 g/mol. The minimum Gasteiger partial charge on any atom is -0.376 e. The van der Waals surface area contributed by atoms with Gasteiger partial charge in [0.25, 0.3) is 0 Å². The number of benzene rings is 1. The van der Waals surface area contributed by atoms with Crippen LogP contribution in [0.5, 0.6) is 0 Å². The fraction of sp³-hybridized carbons (Fsp3) is 0.500. The lowest BCUT2D eigenvalue weighted by molar-refractivity contribution is -0.101. The molecule has 1 saturated carbocycles. The van der Waals surface area contributed by atoms with Gasteiger partial charge in [-0.1, -0.05) is 12.1 Å². The van der Waals surface area contributed by atoms with E-state index in [-0.39, 0.29) is 5.56 Å². The Balaban J connectivity index is 2.38. The summed E-state index contributed by atoms with van der Waals surface area (Å²) in [6.07, 6.45) is 2.57. The van der Waals surface area contributed by atoms with E-state index in [4.69, 9.17) is 10.6 Å². The lowest BCUT2D eigenvalue weighted by Crippen LogP contribution is -2.52. The second kappa shape index (κ2) is 4.68. The van der Waals surface area contributed by atoms with Crippen LogP contribution in [-0.4, -0.2) is 12.7 Å². The van der Waals surface area contributed by atoms with Crippen molar-refractivity contribution < 1.29 is 13.5 Å². The Bertz CT molecular complexity index is 402. The second-order valence-electron chi connectivity index (χ2n) is 4.37. The Morgan fingerprint density at radius 3 is 2.59 bits per heavy atom. The molecule has 0 radical (unpaired) electrons. The van der Waals surface area contributed by atoms with Gasteiger partial charge in [-0.05, 0) is 25.3 Å². The van der Waals surface area contributed by atoms with Crippen LogP contribution in [-0.2, 0) is 4.74 Å². The third kappa shape index (κ3) is 1.94. The van der Waals surface area contributed by atoms with Gasteiger partial charge in [0.1, 0.15) is 0 Å². The molecular formula is C12H16F2N2O. The number of rotatable bonds is 4. The lowest BCUT2D eigenvalue weighted by atomic mass is 9.72. The SMILES string of the molecule is COC1(C(NN)c2cccc(F)c2F)CCC1. The Kier molecular flexibility index (Phi) is 3.42. The number of nitrogens with one attached hydrogen (secondary N) is 1. The average Bonchev–Trinajstić information content (AvgIpc) is 2.28. The van der Waals surface area contributed by atoms with Crippen molar-refractivity contribution in [2.45, 2.75) is 30.9 Å². The summed E-state index contributed by atoms with van der Waals surface area (Å²) in [5, 5.41) is 0. The molecule has 1 aromatic carbocycles. The molecule has 1 aromatic rings. The van der Waals surface area contributed by atoms with E-state index in [0.717, 1.165) is 25.3 Å². The highest BCUT2D eigenvalue weighted by molar-refractivity contribution is 5.26. The third-order valence-electron chi connectivity index (χ3n) is 3.59. The van der Waals surface area contributed by atoms with Crippen molar-refractivity contribution in [1.29, 1.82) is 0 Å². The van der Waals surface area contributed by atoms with Crippen molar-refractivity contribution in [2.75, 3.05) is 7.11 Å². The van der Waals surface area contributed by atoms with Crippen molar-refractivity contribution in [3.05, 3.63) is 35.4 Å². The number of hydrogen-bond donors (Lipinski definition) is 2. The molecule has 0 spiro atoms. The summed E-state index contributed by atoms with van der Waals surface area (Å²) in [5.41, 5.74) is 2.24. The van der Waals surface area contributed by atoms with Gasteiger partial charge in [0.05, 0.1) is 11.6 Å². The highest BCUT2D eigenvalue weighted by Gasteiger charge is 2.46. The molecule has 0 aliphatic heterocycles. The third-order valence-corrected chi connectivity index (χ3v) is 3.59. The summed E-state index contributed by atoms with van der Waals surface area (Å²) < 4.78 is 32.4. The number of halogens is 2. The molecule has 1 atom stereocenters. The van der Waals surface area contributed by atoms with Crippen LogP contribution in [0.25, 0.3) is 0 Å². The van der Waals surface area contributed by atoms with Crippen LogP contribution in [0.15, 0.2) is 18.2 Å². The quantitative estimate of drug-likeness (QED) is 0.627. The van der Waals surface area contributed by atoms with Crippen molar-refractivity contribution in [3.8, 4) is 0 Å². The van der Waals surface area contributed by atoms with E-state index in [1.165, 1.54) is 12.1 Å². The standard InChI is InChI=1S/C12H16F2N2O/c1-17-12(6-3-7-12)11(16-15)8-4-2-5-9(13)10(8)14/h2,4-5,11,16H,3,6-7,15H2,1H3. The molecule has 5 heteroatoms. The van der Waals surface area contributed by atoms with Crippen molar-refractivity contribution in [1.82, 2.24) is 5.43 Å². The van der Waals surface area contributed by atoms with Crippen LogP contribution in [0, 0.1) is 11.6 Å². The van der Waals surface area contributed by atoms with Crippen molar-refractivity contribution in [3.63, 3.8) is 0 Å². The number of hydrogen-bond acceptors (Lipinski definition) is 3. The number of methoxy groups -OCH3 is 1. The highest BCUT2D eigenvalue weighted by Crippen LogP contribution is 2.45. The van der Waals surface area contributed by atoms with E-state index < -0.39 is 23.3 Å². The molecule has 17 heavy (non-hydrogen) atoms. The molecule has 94 valence electrons. The zero-order valence-corrected chi connectivity index (χ0v) is 9.67. The van der Waals surface area contributed by atoms with Gasteiger partial charge in [-0.3, -0.25) is 5.84 Å². The Morgan fingerprint density at radius 1 is 1.41 bits per heavy atom. The monoisotopic (exact) mass is 242 g/mol.